The number of fused-ring (bicyclic) bond motifs is 1. The lowest BCUT2D eigenvalue weighted by atomic mass is 10.1. The maximum Gasteiger partial charge on any atom is 0.416 e. The molecule has 0 unspecified atom stereocenters. The van der Waals surface area contributed by atoms with E-state index in [1.54, 1.807) is 6.08 Å². The molecule has 8 heteroatoms. The number of hydrogen-bond acceptors (Lipinski definition) is 3. The van der Waals surface area contributed by atoms with Gasteiger partial charge in [-0.3, -0.25) is 9.69 Å². The number of aromatic nitrogens is 1. The first kappa shape index (κ1) is 23.4. The van der Waals surface area contributed by atoms with Gasteiger partial charge in [0.25, 0.3) is 5.91 Å². The van der Waals surface area contributed by atoms with Gasteiger partial charge in [-0.15, -0.1) is 0 Å². The van der Waals surface area contributed by atoms with Crippen LogP contribution in [0.25, 0.3) is 17.0 Å². The van der Waals surface area contributed by atoms with Crippen molar-refractivity contribution in [1.29, 1.82) is 0 Å². The Kier molecular flexibility index (Phi) is 6.02. The van der Waals surface area contributed by atoms with E-state index < -0.39 is 17.6 Å². The number of alkyl halides is 3. The van der Waals surface area contributed by atoms with E-state index in [1.807, 2.05) is 49.4 Å². The molecule has 0 atom stereocenters. The van der Waals surface area contributed by atoms with Gasteiger partial charge in [0.1, 0.15) is 0 Å². The predicted octanol–water partition coefficient (Wildman–Crippen LogP) is 7.42. The zero-order valence-corrected chi connectivity index (χ0v) is 20.2. The van der Waals surface area contributed by atoms with Gasteiger partial charge in [0.2, 0.25) is 0 Å². The molecule has 3 aromatic carbocycles. The molecular formula is C27H19F3N2OS2. The Morgan fingerprint density at radius 2 is 1.69 bits per heavy atom. The van der Waals surface area contributed by atoms with Crippen LogP contribution in [0.2, 0.25) is 0 Å². The van der Waals surface area contributed by atoms with Gasteiger partial charge < -0.3 is 4.57 Å². The summed E-state index contributed by atoms with van der Waals surface area (Å²) in [5, 5.41) is 0.991. The molecular weight excluding hydrogens is 489 g/mol. The van der Waals surface area contributed by atoms with E-state index in [1.165, 1.54) is 17.0 Å². The van der Waals surface area contributed by atoms with Crippen molar-refractivity contribution in [3.8, 4) is 0 Å². The fraction of sp³-hybridized carbons (Fsp3) is 0.111. The average Bonchev–Trinajstić information content (AvgIpc) is 3.27. The van der Waals surface area contributed by atoms with Crippen LogP contribution < -0.4 is 4.90 Å². The van der Waals surface area contributed by atoms with Crippen molar-refractivity contribution in [3.63, 3.8) is 0 Å². The molecule has 0 bridgehead atoms. The van der Waals surface area contributed by atoms with E-state index in [0.29, 0.717) is 11.4 Å². The molecule has 35 heavy (non-hydrogen) atoms. The maximum absolute atomic E-state index is 13.3. The molecule has 2 heterocycles. The number of rotatable bonds is 4. The van der Waals surface area contributed by atoms with Crippen LogP contribution in [0.5, 0.6) is 0 Å². The Bertz CT molecular complexity index is 1490. The van der Waals surface area contributed by atoms with Crippen LogP contribution in [0.15, 0.2) is 83.8 Å². The van der Waals surface area contributed by atoms with Gasteiger partial charge in [0, 0.05) is 28.7 Å². The largest absolute Gasteiger partial charge is 0.416 e. The first-order valence-electron chi connectivity index (χ1n) is 10.8. The molecule has 0 spiro atoms. The van der Waals surface area contributed by atoms with Crippen molar-refractivity contribution in [2.75, 3.05) is 4.90 Å². The summed E-state index contributed by atoms with van der Waals surface area (Å²) in [6, 6.07) is 22.7. The molecule has 0 radical (unpaired) electrons. The Labute approximate surface area is 209 Å². The highest BCUT2D eigenvalue weighted by atomic mass is 32.2. The minimum Gasteiger partial charge on any atom is -0.340 e. The lowest BCUT2D eigenvalue weighted by Gasteiger charge is -2.16. The van der Waals surface area contributed by atoms with Gasteiger partial charge in [0.05, 0.1) is 16.2 Å². The number of thiocarbonyl (C=S) groups is 1. The quantitative estimate of drug-likeness (QED) is 0.212. The van der Waals surface area contributed by atoms with Gasteiger partial charge in [-0.25, -0.2) is 0 Å². The molecule has 176 valence electrons. The van der Waals surface area contributed by atoms with Crippen molar-refractivity contribution in [3.05, 3.63) is 106 Å². The molecule has 0 N–H and O–H groups in total. The topological polar surface area (TPSA) is 25.2 Å². The molecule has 1 saturated heterocycles. The van der Waals surface area contributed by atoms with Gasteiger partial charge >= 0.3 is 6.18 Å². The van der Waals surface area contributed by atoms with Gasteiger partial charge in [0.15, 0.2) is 4.32 Å². The van der Waals surface area contributed by atoms with Crippen LogP contribution in [-0.4, -0.2) is 14.8 Å². The minimum absolute atomic E-state index is 0.106. The van der Waals surface area contributed by atoms with E-state index in [2.05, 4.69) is 16.7 Å². The van der Waals surface area contributed by atoms with E-state index in [4.69, 9.17) is 12.2 Å². The maximum atomic E-state index is 13.3. The molecule has 1 aliphatic heterocycles. The second-order valence-electron chi connectivity index (χ2n) is 8.15. The van der Waals surface area contributed by atoms with E-state index in [0.717, 1.165) is 51.6 Å². The molecule has 1 aliphatic rings. The summed E-state index contributed by atoms with van der Waals surface area (Å²) in [4.78, 5) is 14.8. The first-order valence-corrected chi connectivity index (χ1v) is 12.0. The number of benzene rings is 3. The number of amides is 1. The van der Waals surface area contributed by atoms with Crippen LogP contribution in [0, 0.1) is 6.92 Å². The Balaban J connectivity index is 1.55. The third-order valence-electron chi connectivity index (χ3n) is 5.96. The first-order chi connectivity index (χ1) is 16.7. The molecule has 5 rings (SSSR count). The minimum atomic E-state index is -4.51. The molecule has 1 aromatic heterocycles. The molecule has 3 nitrogen and oxygen atoms in total. The van der Waals surface area contributed by atoms with Gasteiger partial charge in [-0.05, 0) is 42.8 Å². The van der Waals surface area contributed by atoms with Crippen molar-refractivity contribution in [1.82, 2.24) is 4.57 Å². The Morgan fingerprint density at radius 1 is 0.971 bits per heavy atom. The third kappa shape index (κ3) is 4.39. The highest BCUT2D eigenvalue weighted by Gasteiger charge is 2.36. The zero-order chi connectivity index (χ0) is 24.7. The number of anilines is 1. The summed E-state index contributed by atoms with van der Waals surface area (Å²) in [6.07, 6.45) is -2.71. The number of carbonyl (C=O) groups is 1. The average molecular weight is 509 g/mol. The van der Waals surface area contributed by atoms with Crippen LogP contribution in [0.1, 0.15) is 22.4 Å². The van der Waals surface area contributed by atoms with Crippen LogP contribution in [0.3, 0.4) is 0 Å². The summed E-state index contributed by atoms with van der Waals surface area (Å²) >= 11 is 6.48. The predicted molar refractivity (Wildman–Crippen MR) is 139 cm³/mol. The van der Waals surface area contributed by atoms with Crippen molar-refractivity contribution < 1.29 is 18.0 Å². The molecule has 0 saturated carbocycles. The lowest BCUT2D eigenvalue weighted by Crippen LogP contribution is -2.27. The van der Waals surface area contributed by atoms with Crippen molar-refractivity contribution in [2.45, 2.75) is 19.6 Å². The third-order valence-corrected chi connectivity index (χ3v) is 7.27. The molecule has 0 aliphatic carbocycles. The highest BCUT2D eigenvalue weighted by Crippen LogP contribution is 2.40. The second kappa shape index (κ2) is 9.02. The smallest absolute Gasteiger partial charge is 0.340 e. The number of hydrogen-bond donors (Lipinski definition) is 0. The summed E-state index contributed by atoms with van der Waals surface area (Å²) in [6.45, 7) is 2.68. The monoisotopic (exact) mass is 508 g/mol. The summed E-state index contributed by atoms with van der Waals surface area (Å²) in [5.41, 5.74) is 3.34. The van der Waals surface area contributed by atoms with E-state index in [-0.39, 0.29) is 10.0 Å². The Morgan fingerprint density at radius 3 is 2.43 bits per heavy atom. The number of para-hydroxylation sites is 1. The summed E-state index contributed by atoms with van der Waals surface area (Å²) in [5.74, 6) is -0.432. The normalized spacial score (nSPS) is 15.5. The fourth-order valence-electron chi connectivity index (χ4n) is 4.25. The fourth-order valence-corrected chi connectivity index (χ4v) is 5.53. The molecule has 1 amide bonds. The van der Waals surface area contributed by atoms with Crippen LogP contribution in [0.4, 0.5) is 18.9 Å². The lowest BCUT2D eigenvalue weighted by molar-refractivity contribution is -0.137. The van der Waals surface area contributed by atoms with Crippen LogP contribution >= 0.6 is 24.0 Å². The molecule has 1 fully saturated rings. The zero-order valence-electron chi connectivity index (χ0n) is 18.5. The number of thioether (sulfide) groups is 1. The standard InChI is InChI=1S/C27H19F3N2OS2/c1-17-22(21-12-5-6-13-23(21)31(17)16-18-8-3-2-4-9-18)15-24-25(33)32(26(34)35-24)20-11-7-10-19(14-20)27(28,29)30/h2-15H,16H2,1H3/b24-15+. The number of nitrogens with zero attached hydrogens (tertiary/aromatic N) is 2. The van der Waals surface area contributed by atoms with Crippen molar-refractivity contribution in [2.24, 2.45) is 0 Å². The summed E-state index contributed by atoms with van der Waals surface area (Å²) in [7, 11) is 0. The number of carbonyl (C=O) groups excluding carboxylic acids is 1. The van der Waals surface area contributed by atoms with Gasteiger partial charge in [-0.1, -0.05) is 78.6 Å². The summed E-state index contributed by atoms with van der Waals surface area (Å²) < 4.78 is 42.0. The number of halogens is 3. The molecule has 4 aromatic rings. The SMILES string of the molecule is Cc1c(/C=C2/SC(=S)N(c3cccc(C(F)(F)F)c3)C2=O)c2ccccc2n1Cc1ccccc1. The van der Waals surface area contributed by atoms with Crippen molar-refractivity contribution >= 4 is 56.9 Å². The highest BCUT2D eigenvalue weighted by molar-refractivity contribution is 8.27. The Hall–Kier alpha value is -3.36. The van der Waals surface area contributed by atoms with E-state index >= 15 is 0 Å². The second-order valence-corrected chi connectivity index (χ2v) is 9.83. The van der Waals surface area contributed by atoms with E-state index in [9.17, 15) is 18.0 Å². The van der Waals surface area contributed by atoms with Crippen LogP contribution in [-0.2, 0) is 17.5 Å². The van der Waals surface area contributed by atoms with Gasteiger partial charge in [-0.2, -0.15) is 13.2 Å².